The largest absolute Gasteiger partial charge is 0.446 e. The average Bonchev–Trinajstić information content (AvgIpc) is 3.59. The van der Waals surface area contributed by atoms with Crippen molar-refractivity contribution >= 4 is 23.2 Å². The number of ether oxygens (including phenoxy) is 1. The van der Waals surface area contributed by atoms with E-state index in [1.54, 1.807) is 16.6 Å². The molecule has 2 saturated carbocycles. The molecule has 2 fully saturated rings. The van der Waals surface area contributed by atoms with Gasteiger partial charge in [-0.05, 0) is 63.8 Å². The maximum atomic E-state index is 14.3. The molecule has 0 unspecified atom stereocenters. The summed E-state index contributed by atoms with van der Waals surface area (Å²) in [7, 11) is 0. The topological polar surface area (TPSA) is 154 Å². The number of hydrogen-bond donors (Lipinski definition) is 4. The van der Waals surface area contributed by atoms with Crippen LogP contribution < -0.4 is 16.0 Å². The Hall–Kier alpha value is -4.24. The number of alkyl halides is 1. The van der Waals surface area contributed by atoms with Gasteiger partial charge in [0.2, 0.25) is 0 Å². The zero-order chi connectivity index (χ0) is 27.7. The third kappa shape index (κ3) is 6.09. The Balaban J connectivity index is 1.35. The molecule has 5 rings (SSSR count). The van der Waals surface area contributed by atoms with Gasteiger partial charge >= 0.3 is 6.09 Å². The van der Waals surface area contributed by atoms with Crippen LogP contribution in [-0.4, -0.2) is 68.2 Å². The zero-order valence-electron chi connectivity index (χ0n) is 21.6. The van der Waals surface area contributed by atoms with Gasteiger partial charge in [-0.15, -0.1) is 0 Å². The molecule has 0 spiro atoms. The van der Waals surface area contributed by atoms with Crippen LogP contribution in [0.4, 0.5) is 14.9 Å². The number of aromatic nitrogens is 3. The van der Waals surface area contributed by atoms with E-state index < -0.39 is 23.8 Å². The number of nitriles is 1. The number of halogens is 1. The minimum atomic E-state index is -1.66. The van der Waals surface area contributed by atoms with Gasteiger partial charge in [-0.3, -0.25) is 9.78 Å². The Labute approximate surface area is 224 Å². The molecule has 39 heavy (non-hydrogen) atoms. The summed E-state index contributed by atoms with van der Waals surface area (Å²) in [5, 5.41) is 32.1. The molecule has 0 saturated heterocycles. The zero-order valence-corrected chi connectivity index (χ0v) is 21.6. The predicted molar refractivity (Wildman–Crippen MR) is 140 cm³/mol. The van der Waals surface area contributed by atoms with Crippen molar-refractivity contribution in [2.45, 2.75) is 69.5 Å². The number of hydrogen-bond acceptors (Lipinski definition) is 8. The summed E-state index contributed by atoms with van der Waals surface area (Å²) in [5.74, 6) is -0.540. The Morgan fingerprint density at radius 3 is 2.72 bits per heavy atom. The first-order valence-electron chi connectivity index (χ1n) is 12.9. The van der Waals surface area contributed by atoms with E-state index in [1.807, 2.05) is 12.1 Å². The van der Waals surface area contributed by atoms with Gasteiger partial charge in [-0.2, -0.15) is 10.4 Å². The highest BCUT2D eigenvalue weighted by molar-refractivity contribution is 6.00. The third-order valence-corrected chi connectivity index (χ3v) is 6.87. The predicted octanol–water partition coefficient (Wildman–Crippen LogP) is 2.94. The molecule has 11 nitrogen and oxygen atoms in total. The van der Waals surface area contributed by atoms with Gasteiger partial charge < -0.3 is 25.8 Å². The first-order chi connectivity index (χ1) is 18.6. The van der Waals surface area contributed by atoms with Gasteiger partial charge in [0, 0.05) is 18.3 Å². The number of nitrogens with one attached hydrogen (secondary N) is 3. The number of alkyl carbamates (subject to hydrolysis) is 1. The van der Waals surface area contributed by atoms with Crippen molar-refractivity contribution in [1.29, 1.82) is 5.26 Å². The van der Waals surface area contributed by atoms with Gasteiger partial charge in [0.1, 0.15) is 18.3 Å². The van der Waals surface area contributed by atoms with Crippen molar-refractivity contribution in [3.8, 4) is 17.5 Å². The van der Waals surface area contributed by atoms with E-state index >= 15 is 0 Å². The second kappa shape index (κ2) is 10.5. The van der Waals surface area contributed by atoms with E-state index in [9.17, 15) is 19.1 Å². The first kappa shape index (κ1) is 26.4. The molecule has 0 aromatic carbocycles. The maximum Gasteiger partial charge on any atom is 0.407 e. The lowest BCUT2D eigenvalue weighted by atomic mass is 9.86. The van der Waals surface area contributed by atoms with E-state index in [4.69, 9.17) is 10.00 Å². The summed E-state index contributed by atoms with van der Waals surface area (Å²) in [4.78, 5) is 29.4. The quantitative estimate of drug-likeness (QED) is 0.326. The van der Waals surface area contributed by atoms with Gasteiger partial charge in [0.15, 0.2) is 0 Å². The highest BCUT2D eigenvalue weighted by Gasteiger charge is 2.34. The second-order valence-corrected chi connectivity index (χ2v) is 10.6. The average molecular weight is 536 g/mol. The van der Waals surface area contributed by atoms with Crippen molar-refractivity contribution in [3.05, 3.63) is 47.8 Å². The molecule has 2 aliphatic rings. The molecule has 0 aliphatic heterocycles. The highest BCUT2D eigenvalue weighted by atomic mass is 19.1. The fourth-order valence-corrected chi connectivity index (χ4v) is 4.29. The molecule has 204 valence electrons. The molecular formula is C27H30FN7O4. The Bertz CT molecular complexity index is 1430. The minimum Gasteiger partial charge on any atom is -0.446 e. The van der Waals surface area contributed by atoms with E-state index in [2.05, 4.69) is 32.1 Å². The molecule has 3 aromatic heterocycles. The highest BCUT2D eigenvalue weighted by Crippen LogP contribution is 2.30. The monoisotopic (exact) mass is 535 g/mol. The smallest absolute Gasteiger partial charge is 0.407 e. The number of fused-ring (bicyclic) bond motifs is 1. The number of carbonyl (C=O) groups is 2. The summed E-state index contributed by atoms with van der Waals surface area (Å²) in [5.41, 5.74) is 1.45. The maximum absolute atomic E-state index is 14.3. The molecule has 12 heteroatoms. The summed E-state index contributed by atoms with van der Waals surface area (Å²) in [6, 6.07) is 9.07. The lowest BCUT2D eigenvalue weighted by Gasteiger charge is -2.37. The fourth-order valence-electron chi connectivity index (χ4n) is 4.29. The van der Waals surface area contributed by atoms with E-state index in [0.29, 0.717) is 41.0 Å². The molecule has 2 aliphatic carbocycles. The molecular weight excluding hydrogens is 505 g/mol. The number of carbonyl (C=O) groups excluding carboxylic acids is 2. The molecule has 3 aromatic rings. The molecule has 0 radical (unpaired) electrons. The van der Waals surface area contributed by atoms with E-state index in [-0.39, 0.29) is 30.3 Å². The number of aliphatic hydroxyl groups is 1. The van der Waals surface area contributed by atoms with Crippen LogP contribution in [0.25, 0.3) is 16.9 Å². The number of pyridine rings is 1. The molecule has 0 bridgehead atoms. The number of anilines is 1. The van der Waals surface area contributed by atoms with Gasteiger partial charge in [-0.1, -0.05) is 0 Å². The molecule has 3 heterocycles. The lowest BCUT2D eigenvalue weighted by Crippen LogP contribution is -2.50. The van der Waals surface area contributed by atoms with Crippen molar-refractivity contribution < 1.29 is 23.8 Å². The van der Waals surface area contributed by atoms with Gasteiger partial charge in [0.05, 0.1) is 52.1 Å². The molecule has 1 atom stereocenters. The van der Waals surface area contributed by atoms with Crippen LogP contribution in [0.15, 0.2) is 36.7 Å². The summed E-state index contributed by atoms with van der Waals surface area (Å²) in [6.07, 6.45) is 3.92. The van der Waals surface area contributed by atoms with Crippen molar-refractivity contribution in [2.24, 2.45) is 0 Å². The molecule has 4 N–H and O–H groups in total. The summed E-state index contributed by atoms with van der Waals surface area (Å²) >= 11 is 0. The van der Waals surface area contributed by atoms with Crippen molar-refractivity contribution in [1.82, 2.24) is 25.2 Å². The van der Waals surface area contributed by atoms with Crippen LogP contribution in [0.1, 0.15) is 55.5 Å². The van der Waals surface area contributed by atoms with Crippen LogP contribution >= 0.6 is 0 Å². The standard InChI is InChI=1S/C27H30FN7O4/c1-27(2,38)24(28)14-31-25(36)20-13-30-22(23-6-3-18-7-15(11-29)12-32-35(18)23)10-21(20)33-16-8-17(9-16)34-26(37)39-19-4-5-19/h3,6-7,10,12-13,16-17,19,24,38H,4-5,8-9,14H2,1-2H3,(H,30,33)(H,31,36)(H,34,37)/t16?,17?,24-/m1/s1. The lowest BCUT2D eigenvalue weighted by molar-refractivity contribution is -0.00177. The number of nitrogens with zero attached hydrogens (tertiary/aromatic N) is 4. The van der Waals surface area contributed by atoms with E-state index in [0.717, 1.165) is 12.8 Å². The van der Waals surface area contributed by atoms with Crippen molar-refractivity contribution in [3.63, 3.8) is 0 Å². The summed E-state index contributed by atoms with van der Waals surface area (Å²) < 4.78 is 21.2. The number of rotatable bonds is 9. The van der Waals surface area contributed by atoms with Crippen LogP contribution in [0.2, 0.25) is 0 Å². The van der Waals surface area contributed by atoms with Crippen LogP contribution in [0.5, 0.6) is 0 Å². The first-order valence-corrected chi connectivity index (χ1v) is 12.9. The van der Waals surface area contributed by atoms with E-state index in [1.165, 1.54) is 26.2 Å². The molecule has 2 amide bonds. The van der Waals surface area contributed by atoms with Crippen LogP contribution in [0.3, 0.4) is 0 Å². The Morgan fingerprint density at radius 2 is 2.03 bits per heavy atom. The summed E-state index contributed by atoms with van der Waals surface area (Å²) in [6.45, 7) is 2.31. The Morgan fingerprint density at radius 1 is 1.26 bits per heavy atom. The number of amides is 2. The van der Waals surface area contributed by atoms with Crippen LogP contribution in [-0.2, 0) is 4.74 Å². The third-order valence-electron chi connectivity index (χ3n) is 6.87. The van der Waals surface area contributed by atoms with Crippen LogP contribution in [0, 0.1) is 11.3 Å². The van der Waals surface area contributed by atoms with Gasteiger partial charge in [-0.25, -0.2) is 13.7 Å². The minimum absolute atomic E-state index is 0.0244. The second-order valence-electron chi connectivity index (χ2n) is 10.6. The SMILES string of the molecule is CC(C)(O)[C@H](F)CNC(=O)c1cnc(-c2ccc3cc(C#N)cnn23)cc1NC1CC(NC(=O)OC2CC2)C1. The Kier molecular flexibility index (Phi) is 7.10. The normalized spacial score (nSPS) is 19.5. The van der Waals surface area contributed by atoms with Crippen molar-refractivity contribution in [2.75, 3.05) is 11.9 Å². The van der Waals surface area contributed by atoms with Gasteiger partial charge in [0.25, 0.3) is 5.91 Å². The fraction of sp³-hybridized carbons (Fsp3) is 0.444.